The number of carbonyl (C=O) groups is 1. The molecule has 1 atom stereocenters. The number of aromatic amines is 1. The molecule has 1 aliphatic carbocycles. The number of rotatable bonds is 4. The van der Waals surface area contributed by atoms with Crippen LogP contribution in [0, 0.1) is 6.92 Å². The van der Waals surface area contributed by atoms with Crippen molar-refractivity contribution < 1.29 is 4.79 Å². The second kappa shape index (κ2) is 4.73. The zero-order valence-corrected chi connectivity index (χ0v) is 11.8. The first-order valence-electron chi connectivity index (χ1n) is 6.78. The summed E-state index contributed by atoms with van der Waals surface area (Å²) in [6, 6.07) is -0.126. The molecule has 2 aromatic heterocycles. The molecule has 1 fully saturated rings. The zero-order valence-electron chi connectivity index (χ0n) is 11.8. The van der Waals surface area contributed by atoms with E-state index in [1.54, 1.807) is 10.9 Å². The van der Waals surface area contributed by atoms with Gasteiger partial charge in [0.15, 0.2) is 0 Å². The van der Waals surface area contributed by atoms with Gasteiger partial charge in [-0.15, -0.1) is 5.10 Å². The number of amides is 1. The van der Waals surface area contributed by atoms with Crippen molar-refractivity contribution in [3.05, 3.63) is 29.1 Å². The number of nitrogens with zero attached hydrogens (tertiary/aromatic N) is 4. The summed E-state index contributed by atoms with van der Waals surface area (Å²) < 4.78 is 1.79. The third-order valence-corrected chi connectivity index (χ3v) is 3.76. The normalized spacial score (nSPS) is 16.1. The van der Waals surface area contributed by atoms with Crippen LogP contribution >= 0.6 is 0 Å². The van der Waals surface area contributed by atoms with E-state index in [1.807, 2.05) is 20.9 Å². The van der Waals surface area contributed by atoms with E-state index in [9.17, 15) is 4.79 Å². The minimum absolute atomic E-state index is 0.126. The van der Waals surface area contributed by atoms with Crippen LogP contribution in [0.3, 0.4) is 0 Å². The lowest BCUT2D eigenvalue weighted by Crippen LogP contribution is -2.28. The molecule has 0 aliphatic heterocycles. The van der Waals surface area contributed by atoms with Crippen LogP contribution in [0.5, 0.6) is 0 Å². The molecule has 0 aromatic carbocycles. The van der Waals surface area contributed by atoms with Gasteiger partial charge >= 0.3 is 0 Å². The van der Waals surface area contributed by atoms with Crippen molar-refractivity contribution in [2.45, 2.75) is 38.6 Å². The summed E-state index contributed by atoms with van der Waals surface area (Å²) in [6.07, 6.45) is 4.02. The van der Waals surface area contributed by atoms with Crippen molar-refractivity contribution in [1.82, 2.24) is 30.3 Å². The highest BCUT2D eigenvalue weighted by Gasteiger charge is 2.28. The Morgan fingerprint density at radius 2 is 2.30 bits per heavy atom. The highest BCUT2D eigenvalue weighted by Crippen LogP contribution is 2.37. The maximum atomic E-state index is 12.1. The average molecular weight is 274 g/mol. The van der Waals surface area contributed by atoms with Gasteiger partial charge in [0.25, 0.3) is 5.91 Å². The van der Waals surface area contributed by atoms with E-state index in [0.717, 1.165) is 29.9 Å². The first kappa shape index (κ1) is 12.8. The monoisotopic (exact) mass is 274 g/mol. The second-order valence-electron chi connectivity index (χ2n) is 5.32. The summed E-state index contributed by atoms with van der Waals surface area (Å²) in [6.45, 7) is 3.90. The van der Waals surface area contributed by atoms with Crippen LogP contribution < -0.4 is 5.32 Å². The number of aromatic nitrogens is 5. The van der Waals surface area contributed by atoms with Crippen LogP contribution in [0.4, 0.5) is 0 Å². The molecule has 0 spiro atoms. The van der Waals surface area contributed by atoms with Crippen LogP contribution in [0.1, 0.15) is 59.4 Å². The summed E-state index contributed by atoms with van der Waals surface area (Å²) in [4.78, 5) is 16.4. The number of hydrogen-bond donors (Lipinski definition) is 2. The molecular formula is C13H18N6O. The van der Waals surface area contributed by atoms with Gasteiger partial charge in [-0.2, -0.15) is 5.10 Å². The maximum Gasteiger partial charge on any atom is 0.291 e. The quantitative estimate of drug-likeness (QED) is 0.877. The van der Waals surface area contributed by atoms with Crippen LogP contribution in [0.25, 0.3) is 0 Å². The van der Waals surface area contributed by atoms with E-state index >= 15 is 0 Å². The standard InChI is InChI=1S/C13H18N6O/c1-7(10-6-14-19(3)8(10)2)15-13(20)12-16-11(17-18-12)9-4-5-9/h6-7,9H,4-5H2,1-3H3,(H,15,20)(H,16,17,18). The molecule has 2 N–H and O–H groups in total. The van der Waals surface area contributed by atoms with Gasteiger partial charge in [0.2, 0.25) is 5.82 Å². The number of H-pyrrole nitrogens is 1. The van der Waals surface area contributed by atoms with Gasteiger partial charge in [-0.1, -0.05) is 0 Å². The van der Waals surface area contributed by atoms with Crippen molar-refractivity contribution in [2.24, 2.45) is 7.05 Å². The molecule has 7 heteroatoms. The third-order valence-electron chi connectivity index (χ3n) is 3.76. The van der Waals surface area contributed by atoms with Crippen LogP contribution in [-0.2, 0) is 7.05 Å². The molecule has 1 aliphatic rings. The molecule has 1 unspecified atom stereocenters. The van der Waals surface area contributed by atoms with Gasteiger partial charge < -0.3 is 5.32 Å². The Morgan fingerprint density at radius 1 is 1.55 bits per heavy atom. The fourth-order valence-corrected chi connectivity index (χ4v) is 2.19. The largest absolute Gasteiger partial charge is 0.343 e. The SMILES string of the molecule is Cc1c(C(C)NC(=O)c2n[nH]c(C3CC3)n2)cnn1C. The number of aryl methyl sites for hydroxylation is 1. The molecule has 2 heterocycles. The highest BCUT2D eigenvalue weighted by molar-refractivity contribution is 5.90. The Kier molecular flexibility index (Phi) is 3.04. The molecule has 0 saturated heterocycles. The Balaban J connectivity index is 1.69. The molecule has 20 heavy (non-hydrogen) atoms. The van der Waals surface area contributed by atoms with E-state index in [0.29, 0.717) is 5.92 Å². The van der Waals surface area contributed by atoms with E-state index in [-0.39, 0.29) is 17.8 Å². The summed E-state index contributed by atoms with van der Waals surface area (Å²) >= 11 is 0. The molecule has 1 saturated carbocycles. The number of nitrogens with one attached hydrogen (secondary N) is 2. The Morgan fingerprint density at radius 3 is 2.90 bits per heavy atom. The summed E-state index contributed by atoms with van der Waals surface area (Å²) in [5, 5.41) is 13.9. The van der Waals surface area contributed by atoms with Crippen molar-refractivity contribution in [1.29, 1.82) is 0 Å². The van der Waals surface area contributed by atoms with Gasteiger partial charge in [-0.25, -0.2) is 4.98 Å². The van der Waals surface area contributed by atoms with Crippen molar-refractivity contribution >= 4 is 5.91 Å². The predicted molar refractivity (Wildman–Crippen MR) is 72.2 cm³/mol. The predicted octanol–water partition coefficient (Wildman–Crippen LogP) is 1.22. The van der Waals surface area contributed by atoms with Crippen molar-refractivity contribution in [2.75, 3.05) is 0 Å². The highest BCUT2D eigenvalue weighted by atomic mass is 16.2. The molecule has 1 amide bonds. The number of hydrogen-bond acceptors (Lipinski definition) is 4. The minimum Gasteiger partial charge on any atom is -0.343 e. The van der Waals surface area contributed by atoms with Crippen LogP contribution in [0.2, 0.25) is 0 Å². The van der Waals surface area contributed by atoms with E-state index in [4.69, 9.17) is 0 Å². The van der Waals surface area contributed by atoms with Gasteiger partial charge in [0.05, 0.1) is 12.2 Å². The van der Waals surface area contributed by atoms with Crippen molar-refractivity contribution in [3.8, 4) is 0 Å². The summed E-state index contributed by atoms with van der Waals surface area (Å²) in [5.41, 5.74) is 2.03. The first-order valence-corrected chi connectivity index (χ1v) is 6.78. The third kappa shape index (κ3) is 2.31. The number of carbonyl (C=O) groups excluding carboxylic acids is 1. The maximum absolute atomic E-state index is 12.1. The molecule has 106 valence electrons. The summed E-state index contributed by atoms with van der Waals surface area (Å²) in [5.74, 6) is 1.23. The van der Waals surface area contributed by atoms with Gasteiger partial charge in [0.1, 0.15) is 5.82 Å². The molecule has 7 nitrogen and oxygen atoms in total. The fourth-order valence-electron chi connectivity index (χ4n) is 2.19. The Hall–Kier alpha value is -2.18. The Labute approximate surface area is 116 Å². The summed E-state index contributed by atoms with van der Waals surface area (Å²) in [7, 11) is 1.88. The molecule has 0 radical (unpaired) electrons. The minimum atomic E-state index is -0.260. The van der Waals surface area contributed by atoms with Gasteiger partial charge in [-0.05, 0) is 26.7 Å². The van der Waals surface area contributed by atoms with E-state index in [2.05, 4.69) is 25.6 Å². The molecule has 0 bridgehead atoms. The van der Waals surface area contributed by atoms with E-state index in [1.165, 1.54) is 0 Å². The molecule has 2 aromatic rings. The smallest absolute Gasteiger partial charge is 0.291 e. The Bertz CT molecular complexity index is 639. The lowest BCUT2D eigenvalue weighted by Gasteiger charge is -2.12. The lowest BCUT2D eigenvalue weighted by molar-refractivity contribution is 0.0929. The van der Waals surface area contributed by atoms with Crippen LogP contribution in [0.15, 0.2) is 6.20 Å². The van der Waals surface area contributed by atoms with Crippen molar-refractivity contribution in [3.63, 3.8) is 0 Å². The second-order valence-corrected chi connectivity index (χ2v) is 5.32. The topological polar surface area (TPSA) is 88.5 Å². The fraction of sp³-hybridized carbons (Fsp3) is 0.538. The zero-order chi connectivity index (χ0) is 14.3. The molecular weight excluding hydrogens is 256 g/mol. The van der Waals surface area contributed by atoms with Gasteiger partial charge in [0, 0.05) is 24.2 Å². The molecule has 3 rings (SSSR count). The average Bonchev–Trinajstić information content (AvgIpc) is 3.05. The first-order chi connectivity index (χ1) is 9.56. The van der Waals surface area contributed by atoms with Gasteiger partial charge in [-0.3, -0.25) is 14.6 Å². The van der Waals surface area contributed by atoms with Crippen LogP contribution in [-0.4, -0.2) is 30.9 Å². The van der Waals surface area contributed by atoms with E-state index < -0.39 is 0 Å². The lowest BCUT2D eigenvalue weighted by atomic mass is 10.1.